The first kappa shape index (κ1) is 11.5. The summed E-state index contributed by atoms with van der Waals surface area (Å²) in [5.74, 6) is 0.788. The van der Waals surface area contributed by atoms with E-state index >= 15 is 0 Å². The van der Waals surface area contributed by atoms with Crippen molar-refractivity contribution in [3.8, 4) is 0 Å². The molecule has 76 valence electrons. The lowest BCUT2D eigenvalue weighted by atomic mass is 9.65. The van der Waals surface area contributed by atoms with E-state index in [1.54, 1.807) is 0 Å². The van der Waals surface area contributed by atoms with Crippen molar-refractivity contribution in [1.29, 1.82) is 0 Å². The third-order valence-corrected chi connectivity index (χ3v) is 4.14. The van der Waals surface area contributed by atoms with E-state index in [9.17, 15) is 0 Å². The molecule has 0 spiro atoms. The minimum absolute atomic E-state index is 0.515. The van der Waals surface area contributed by atoms with E-state index < -0.39 is 0 Å². The van der Waals surface area contributed by atoms with Crippen LogP contribution in [0.1, 0.15) is 46.0 Å². The van der Waals surface area contributed by atoms with Crippen LogP contribution < -0.4 is 0 Å². The van der Waals surface area contributed by atoms with Gasteiger partial charge in [-0.15, -0.1) is 0 Å². The van der Waals surface area contributed by atoms with Gasteiger partial charge in [-0.25, -0.2) is 0 Å². The average Bonchev–Trinajstić information content (AvgIpc) is 2.02. The highest BCUT2D eigenvalue weighted by atomic mass is 127. The van der Waals surface area contributed by atoms with Crippen LogP contribution in [0.5, 0.6) is 0 Å². The minimum atomic E-state index is 0.515. The Bertz CT molecular complexity index is 182. The molecule has 1 aliphatic rings. The van der Waals surface area contributed by atoms with Gasteiger partial charge in [-0.2, -0.15) is 0 Å². The number of rotatable bonds is 3. The second-order valence-corrected chi connectivity index (χ2v) is 5.96. The van der Waals surface area contributed by atoms with Crippen molar-refractivity contribution < 1.29 is 0 Å². The smallest absolute Gasteiger partial charge is 0.000451 e. The molecule has 0 aliphatic heterocycles. The van der Waals surface area contributed by atoms with Crippen LogP contribution in [-0.4, -0.2) is 4.43 Å². The zero-order chi connectivity index (χ0) is 9.90. The Labute approximate surface area is 96.3 Å². The standard InChI is InChI=1S/C12H21I/c1-10-6-4-8-12(2,3)11(10)7-5-9-13/h11H,1,4-9H2,2-3H3. The van der Waals surface area contributed by atoms with Gasteiger partial charge in [0.25, 0.3) is 0 Å². The number of alkyl halides is 1. The fourth-order valence-electron chi connectivity index (χ4n) is 2.55. The summed E-state index contributed by atoms with van der Waals surface area (Å²) in [4.78, 5) is 0. The zero-order valence-corrected chi connectivity index (χ0v) is 11.1. The van der Waals surface area contributed by atoms with Crippen molar-refractivity contribution in [3.05, 3.63) is 12.2 Å². The van der Waals surface area contributed by atoms with Crippen molar-refractivity contribution in [2.45, 2.75) is 46.0 Å². The number of halogens is 1. The maximum absolute atomic E-state index is 4.24. The molecule has 1 saturated carbocycles. The van der Waals surface area contributed by atoms with Crippen LogP contribution >= 0.6 is 22.6 Å². The number of allylic oxidation sites excluding steroid dienone is 1. The Morgan fingerprint density at radius 1 is 1.54 bits per heavy atom. The molecule has 1 rings (SSSR count). The molecule has 0 bridgehead atoms. The minimum Gasteiger partial charge on any atom is -0.0996 e. The monoisotopic (exact) mass is 292 g/mol. The van der Waals surface area contributed by atoms with Gasteiger partial charge in [0.2, 0.25) is 0 Å². The third kappa shape index (κ3) is 2.97. The lowest BCUT2D eigenvalue weighted by Gasteiger charge is -2.40. The molecule has 1 atom stereocenters. The van der Waals surface area contributed by atoms with Gasteiger partial charge in [0.15, 0.2) is 0 Å². The summed E-state index contributed by atoms with van der Waals surface area (Å²) in [7, 11) is 0. The fraction of sp³-hybridized carbons (Fsp3) is 0.833. The normalized spacial score (nSPS) is 27.6. The molecule has 1 fully saturated rings. The summed E-state index contributed by atoms with van der Waals surface area (Å²) in [6.07, 6.45) is 6.72. The lowest BCUT2D eigenvalue weighted by molar-refractivity contribution is 0.180. The fourth-order valence-corrected chi connectivity index (χ4v) is 2.99. The summed E-state index contributed by atoms with van der Waals surface area (Å²) < 4.78 is 1.29. The van der Waals surface area contributed by atoms with E-state index in [2.05, 4.69) is 43.0 Å². The van der Waals surface area contributed by atoms with Crippen molar-refractivity contribution in [3.63, 3.8) is 0 Å². The zero-order valence-electron chi connectivity index (χ0n) is 8.91. The summed E-state index contributed by atoms with van der Waals surface area (Å²) in [5, 5.41) is 0. The highest BCUT2D eigenvalue weighted by Gasteiger charge is 2.33. The van der Waals surface area contributed by atoms with E-state index in [1.807, 2.05) is 0 Å². The van der Waals surface area contributed by atoms with Crippen LogP contribution in [-0.2, 0) is 0 Å². The highest BCUT2D eigenvalue weighted by molar-refractivity contribution is 14.1. The molecule has 0 aromatic carbocycles. The van der Waals surface area contributed by atoms with E-state index in [-0.39, 0.29) is 0 Å². The van der Waals surface area contributed by atoms with E-state index in [0.717, 1.165) is 5.92 Å². The predicted molar refractivity (Wildman–Crippen MR) is 68.4 cm³/mol. The Balaban J connectivity index is 2.58. The molecule has 0 N–H and O–H groups in total. The SMILES string of the molecule is C=C1CCCC(C)(C)C1CCCI. The molecule has 0 aromatic rings. The molecule has 0 amide bonds. The molecule has 0 nitrogen and oxygen atoms in total. The lowest BCUT2D eigenvalue weighted by Crippen LogP contribution is -2.29. The average molecular weight is 292 g/mol. The molecule has 13 heavy (non-hydrogen) atoms. The summed E-state index contributed by atoms with van der Waals surface area (Å²) >= 11 is 2.47. The van der Waals surface area contributed by atoms with Gasteiger partial charge in [-0.3, -0.25) is 0 Å². The van der Waals surface area contributed by atoms with Crippen molar-refractivity contribution in [2.24, 2.45) is 11.3 Å². The summed E-state index contributed by atoms with van der Waals surface area (Å²) in [5.41, 5.74) is 2.03. The quantitative estimate of drug-likeness (QED) is 0.405. The Morgan fingerprint density at radius 3 is 2.77 bits per heavy atom. The molecule has 0 radical (unpaired) electrons. The second-order valence-electron chi connectivity index (χ2n) is 4.88. The van der Waals surface area contributed by atoms with Crippen LogP contribution in [0.2, 0.25) is 0 Å². The number of hydrogen-bond donors (Lipinski definition) is 0. The van der Waals surface area contributed by atoms with Crippen LogP contribution in [0.3, 0.4) is 0 Å². The first-order valence-electron chi connectivity index (χ1n) is 5.31. The van der Waals surface area contributed by atoms with Gasteiger partial charge in [-0.05, 0) is 47.9 Å². The van der Waals surface area contributed by atoms with Crippen LogP contribution in [0.15, 0.2) is 12.2 Å². The second kappa shape index (κ2) is 4.81. The van der Waals surface area contributed by atoms with Gasteiger partial charge in [0, 0.05) is 0 Å². The van der Waals surface area contributed by atoms with Crippen molar-refractivity contribution in [1.82, 2.24) is 0 Å². The van der Waals surface area contributed by atoms with Gasteiger partial charge >= 0.3 is 0 Å². The first-order valence-corrected chi connectivity index (χ1v) is 6.84. The topological polar surface area (TPSA) is 0 Å². The van der Waals surface area contributed by atoms with Gasteiger partial charge < -0.3 is 0 Å². The molecule has 0 heterocycles. The molecule has 0 saturated heterocycles. The van der Waals surface area contributed by atoms with Gasteiger partial charge in [0.05, 0.1) is 0 Å². The van der Waals surface area contributed by atoms with Crippen molar-refractivity contribution >= 4 is 22.6 Å². The molecule has 0 aromatic heterocycles. The molecule has 1 unspecified atom stereocenters. The maximum atomic E-state index is 4.24. The van der Waals surface area contributed by atoms with Crippen LogP contribution in [0.25, 0.3) is 0 Å². The van der Waals surface area contributed by atoms with Crippen LogP contribution in [0.4, 0.5) is 0 Å². The summed E-state index contributed by atoms with van der Waals surface area (Å²) in [6.45, 7) is 9.07. The van der Waals surface area contributed by atoms with Gasteiger partial charge in [-0.1, -0.05) is 48.6 Å². The van der Waals surface area contributed by atoms with Gasteiger partial charge in [0.1, 0.15) is 0 Å². The first-order chi connectivity index (χ1) is 6.08. The molecule has 1 aliphatic carbocycles. The van der Waals surface area contributed by atoms with E-state index in [0.29, 0.717) is 5.41 Å². The largest absolute Gasteiger partial charge is 0.0996 e. The van der Waals surface area contributed by atoms with E-state index in [1.165, 1.54) is 42.1 Å². The maximum Gasteiger partial charge on any atom is -0.000451 e. The van der Waals surface area contributed by atoms with E-state index in [4.69, 9.17) is 0 Å². The Hall–Kier alpha value is 0.470. The Morgan fingerprint density at radius 2 is 2.23 bits per heavy atom. The highest BCUT2D eigenvalue weighted by Crippen LogP contribution is 2.45. The summed E-state index contributed by atoms with van der Waals surface area (Å²) in [6, 6.07) is 0. The third-order valence-electron chi connectivity index (χ3n) is 3.38. The number of hydrogen-bond acceptors (Lipinski definition) is 0. The predicted octanol–water partition coefficient (Wildman–Crippen LogP) is 4.58. The van der Waals surface area contributed by atoms with Crippen molar-refractivity contribution in [2.75, 3.05) is 4.43 Å². The molecular formula is C12H21I. The molecular weight excluding hydrogens is 271 g/mol. The molecule has 1 heteroatoms. The van der Waals surface area contributed by atoms with Crippen LogP contribution in [0, 0.1) is 11.3 Å². The Kier molecular flexibility index (Phi) is 4.27.